The first-order chi connectivity index (χ1) is 8.58. The molecule has 0 fully saturated rings. The lowest BCUT2D eigenvalue weighted by Gasteiger charge is -2.20. The van der Waals surface area contributed by atoms with Gasteiger partial charge >= 0.3 is 0 Å². The zero-order chi connectivity index (χ0) is 13.5. The molecular formula is C13H20ClN3O. The number of hydrogen-bond donors (Lipinski definition) is 2. The Morgan fingerprint density at radius 2 is 2.11 bits per heavy atom. The van der Waals surface area contributed by atoms with Crippen LogP contribution in [0.2, 0.25) is 5.02 Å². The SMILES string of the molecule is CNCc1ccc(N(C)CCC(=O)NC)c(Cl)c1. The molecule has 0 heterocycles. The summed E-state index contributed by atoms with van der Waals surface area (Å²) in [5.74, 6) is 0.0322. The Morgan fingerprint density at radius 3 is 2.67 bits per heavy atom. The second-order valence-corrected chi connectivity index (χ2v) is 4.57. The Labute approximate surface area is 113 Å². The van der Waals surface area contributed by atoms with Crippen LogP contribution in [0.15, 0.2) is 18.2 Å². The van der Waals surface area contributed by atoms with Crippen molar-refractivity contribution in [3.63, 3.8) is 0 Å². The third kappa shape index (κ3) is 4.20. The second-order valence-electron chi connectivity index (χ2n) is 4.16. The lowest BCUT2D eigenvalue weighted by Crippen LogP contribution is -2.26. The van der Waals surface area contributed by atoms with Crippen molar-refractivity contribution in [2.75, 3.05) is 32.6 Å². The second kappa shape index (κ2) is 7.24. The van der Waals surface area contributed by atoms with E-state index in [0.717, 1.165) is 17.8 Å². The largest absolute Gasteiger partial charge is 0.373 e. The summed E-state index contributed by atoms with van der Waals surface area (Å²) in [7, 11) is 5.47. The van der Waals surface area contributed by atoms with Crippen molar-refractivity contribution in [1.29, 1.82) is 0 Å². The quantitative estimate of drug-likeness (QED) is 0.825. The van der Waals surface area contributed by atoms with Crippen LogP contribution in [0.1, 0.15) is 12.0 Å². The highest BCUT2D eigenvalue weighted by Gasteiger charge is 2.08. The van der Waals surface area contributed by atoms with Gasteiger partial charge in [0, 0.05) is 33.6 Å². The van der Waals surface area contributed by atoms with Crippen molar-refractivity contribution < 1.29 is 4.79 Å². The fourth-order valence-electron chi connectivity index (χ4n) is 1.69. The van der Waals surface area contributed by atoms with Gasteiger partial charge in [0.15, 0.2) is 0 Å². The Morgan fingerprint density at radius 1 is 1.39 bits per heavy atom. The minimum atomic E-state index is 0.0322. The van der Waals surface area contributed by atoms with Gasteiger partial charge in [-0.25, -0.2) is 0 Å². The summed E-state index contributed by atoms with van der Waals surface area (Å²) in [6.45, 7) is 1.44. The number of amides is 1. The predicted molar refractivity (Wildman–Crippen MR) is 76.2 cm³/mol. The molecule has 18 heavy (non-hydrogen) atoms. The molecule has 0 radical (unpaired) electrons. The van der Waals surface area contributed by atoms with Crippen molar-refractivity contribution in [1.82, 2.24) is 10.6 Å². The van der Waals surface area contributed by atoms with E-state index in [4.69, 9.17) is 11.6 Å². The summed E-state index contributed by atoms with van der Waals surface area (Å²) in [5, 5.41) is 6.40. The molecule has 1 aromatic carbocycles. The standard InChI is InChI=1S/C13H20ClN3O/c1-15-9-10-4-5-12(11(14)8-10)17(3)7-6-13(18)16-2/h4-5,8,15H,6-7,9H2,1-3H3,(H,16,18). The maximum atomic E-state index is 11.2. The van der Waals surface area contributed by atoms with E-state index in [1.165, 1.54) is 0 Å². The van der Waals surface area contributed by atoms with E-state index >= 15 is 0 Å². The lowest BCUT2D eigenvalue weighted by atomic mass is 10.2. The number of carbonyl (C=O) groups is 1. The van der Waals surface area contributed by atoms with Crippen molar-refractivity contribution in [2.24, 2.45) is 0 Å². The number of anilines is 1. The average molecular weight is 270 g/mol. The number of nitrogens with zero attached hydrogens (tertiary/aromatic N) is 1. The van der Waals surface area contributed by atoms with Crippen LogP contribution < -0.4 is 15.5 Å². The van der Waals surface area contributed by atoms with Crippen LogP contribution in [-0.4, -0.2) is 33.6 Å². The molecule has 4 nitrogen and oxygen atoms in total. The van der Waals surface area contributed by atoms with E-state index < -0.39 is 0 Å². The maximum Gasteiger partial charge on any atom is 0.221 e. The van der Waals surface area contributed by atoms with Crippen LogP contribution in [0, 0.1) is 0 Å². The van der Waals surface area contributed by atoms with Gasteiger partial charge in [-0.15, -0.1) is 0 Å². The minimum Gasteiger partial charge on any atom is -0.373 e. The van der Waals surface area contributed by atoms with Crippen LogP contribution in [0.25, 0.3) is 0 Å². The average Bonchev–Trinajstić information content (AvgIpc) is 2.36. The fraction of sp³-hybridized carbons (Fsp3) is 0.462. The monoisotopic (exact) mass is 269 g/mol. The Kier molecular flexibility index (Phi) is 5.95. The Hall–Kier alpha value is -1.26. The Bertz CT molecular complexity index is 409. The highest BCUT2D eigenvalue weighted by atomic mass is 35.5. The smallest absolute Gasteiger partial charge is 0.221 e. The van der Waals surface area contributed by atoms with E-state index in [1.54, 1.807) is 7.05 Å². The first-order valence-electron chi connectivity index (χ1n) is 5.93. The number of carbonyl (C=O) groups excluding carboxylic acids is 1. The normalized spacial score (nSPS) is 10.2. The van der Waals surface area contributed by atoms with Gasteiger partial charge in [-0.2, -0.15) is 0 Å². The topological polar surface area (TPSA) is 44.4 Å². The number of benzene rings is 1. The van der Waals surface area contributed by atoms with Crippen molar-refractivity contribution >= 4 is 23.2 Å². The molecule has 0 saturated heterocycles. The zero-order valence-corrected chi connectivity index (χ0v) is 11.8. The van der Waals surface area contributed by atoms with Gasteiger partial charge < -0.3 is 15.5 Å². The van der Waals surface area contributed by atoms with E-state index in [1.807, 2.05) is 37.2 Å². The molecule has 0 saturated carbocycles. The van der Waals surface area contributed by atoms with Crippen LogP contribution in [0.5, 0.6) is 0 Å². The fourth-order valence-corrected chi connectivity index (χ4v) is 2.04. The van der Waals surface area contributed by atoms with Crippen LogP contribution in [0.3, 0.4) is 0 Å². The summed E-state index contributed by atoms with van der Waals surface area (Å²) in [6.07, 6.45) is 0.460. The molecule has 0 aliphatic carbocycles. The minimum absolute atomic E-state index is 0.0322. The molecule has 1 amide bonds. The number of halogens is 1. The third-order valence-electron chi connectivity index (χ3n) is 2.76. The summed E-state index contributed by atoms with van der Waals surface area (Å²) in [4.78, 5) is 13.2. The number of rotatable bonds is 6. The van der Waals surface area contributed by atoms with E-state index in [0.29, 0.717) is 18.0 Å². The molecule has 1 aromatic rings. The van der Waals surface area contributed by atoms with Gasteiger partial charge in [-0.1, -0.05) is 17.7 Å². The number of nitrogens with one attached hydrogen (secondary N) is 2. The molecule has 0 aliphatic rings. The van der Waals surface area contributed by atoms with Gasteiger partial charge in [0.1, 0.15) is 0 Å². The van der Waals surface area contributed by atoms with E-state index in [2.05, 4.69) is 10.6 Å². The van der Waals surface area contributed by atoms with Crippen LogP contribution in [0.4, 0.5) is 5.69 Å². The predicted octanol–water partition coefficient (Wildman–Crippen LogP) is 1.63. The third-order valence-corrected chi connectivity index (χ3v) is 3.06. The van der Waals surface area contributed by atoms with Gasteiger partial charge in [0.25, 0.3) is 0 Å². The van der Waals surface area contributed by atoms with Gasteiger partial charge in [0.2, 0.25) is 5.91 Å². The van der Waals surface area contributed by atoms with Crippen LogP contribution >= 0.6 is 11.6 Å². The highest BCUT2D eigenvalue weighted by Crippen LogP contribution is 2.26. The molecule has 0 bridgehead atoms. The van der Waals surface area contributed by atoms with Gasteiger partial charge in [-0.3, -0.25) is 4.79 Å². The van der Waals surface area contributed by atoms with Gasteiger partial charge in [0.05, 0.1) is 10.7 Å². The van der Waals surface area contributed by atoms with E-state index in [9.17, 15) is 4.79 Å². The molecule has 0 spiro atoms. The molecule has 0 atom stereocenters. The van der Waals surface area contributed by atoms with Crippen molar-refractivity contribution in [3.8, 4) is 0 Å². The summed E-state index contributed by atoms with van der Waals surface area (Å²) >= 11 is 6.24. The zero-order valence-electron chi connectivity index (χ0n) is 11.1. The summed E-state index contributed by atoms with van der Waals surface area (Å²) in [5.41, 5.74) is 2.09. The first kappa shape index (κ1) is 14.8. The maximum absolute atomic E-state index is 11.2. The van der Waals surface area contributed by atoms with Gasteiger partial charge in [-0.05, 0) is 24.7 Å². The molecule has 100 valence electrons. The van der Waals surface area contributed by atoms with Crippen molar-refractivity contribution in [2.45, 2.75) is 13.0 Å². The molecule has 0 aromatic heterocycles. The molecule has 0 unspecified atom stereocenters. The summed E-state index contributed by atoms with van der Waals surface area (Å²) < 4.78 is 0. The first-order valence-corrected chi connectivity index (χ1v) is 6.31. The molecule has 2 N–H and O–H groups in total. The number of hydrogen-bond acceptors (Lipinski definition) is 3. The van der Waals surface area contributed by atoms with Crippen molar-refractivity contribution in [3.05, 3.63) is 28.8 Å². The lowest BCUT2D eigenvalue weighted by molar-refractivity contribution is -0.120. The van der Waals surface area contributed by atoms with Crippen LogP contribution in [-0.2, 0) is 11.3 Å². The highest BCUT2D eigenvalue weighted by molar-refractivity contribution is 6.33. The molecule has 5 heteroatoms. The van der Waals surface area contributed by atoms with E-state index in [-0.39, 0.29) is 5.91 Å². The molecular weight excluding hydrogens is 250 g/mol. The molecule has 1 rings (SSSR count). The molecule has 0 aliphatic heterocycles. The Balaban J connectivity index is 2.68. The summed E-state index contributed by atoms with van der Waals surface area (Å²) in [6, 6.07) is 5.97.